The molecule has 118 valence electrons. The molecule has 1 amide bonds. The van der Waals surface area contributed by atoms with Gasteiger partial charge < -0.3 is 4.57 Å². The van der Waals surface area contributed by atoms with Gasteiger partial charge in [0.05, 0.1) is 21.8 Å². The number of aromatic nitrogens is 1. The highest BCUT2D eigenvalue weighted by atomic mass is 79.9. The number of hydrogen-bond donors (Lipinski definition) is 0. The van der Waals surface area contributed by atoms with E-state index in [9.17, 15) is 4.79 Å². The third-order valence-corrected chi connectivity index (χ3v) is 4.95. The molecule has 0 aliphatic carbocycles. The average Bonchev–Trinajstić information content (AvgIpc) is 2.91. The molecule has 0 saturated heterocycles. The molecule has 0 N–H and O–H groups in total. The molecular formula is C18H12BrN3OS. The van der Waals surface area contributed by atoms with E-state index in [4.69, 9.17) is 5.26 Å². The van der Waals surface area contributed by atoms with Gasteiger partial charge in [-0.15, -0.1) is 6.58 Å². The molecule has 2 aromatic carbocycles. The molecule has 0 aliphatic rings. The van der Waals surface area contributed by atoms with Gasteiger partial charge in [0.2, 0.25) is 0 Å². The van der Waals surface area contributed by atoms with Gasteiger partial charge in [-0.25, -0.2) is 0 Å². The number of fused-ring (bicyclic) bond motifs is 1. The molecule has 3 rings (SSSR count). The van der Waals surface area contributed by atoms with Gasteiger partial charge in [-0.05, 0) is 42.5 Å². The number of amides is 1. The third-order valence-electron chi connectivity index (χ3n) is 3.41. The molecular weight excluding hydrogens is 386 g/mol. The zero-order valence-corrected chi connectivity index (χ0v) is 15.0. The molecule has 0 atom stereocenters. The van der Waals surface area contributed by atoms with Crippen molar-refractivity contribution in [1.82, 2.24) is 4.57 Å². The summed E-state index contributed by atoms with van der Waals surface area (Å²) in [4.78, 5) is 17.3. The topological polar surface area (TPSA) is 58.1 Å². The largest absolute Gasteiger partial charge is 0.312 e. The Morgan fingerprint density at radius 2 is 2.08 bits per heavy atom. The number of nitriles is 1. The van der Waals surface area contributed by atoms with Crippen LogP contribution in [0.2, 0.25) is 0 Å². The second-order valence-corrected chi connectivity index (χ2v) is 6.93. The summed E-state index contributed by atoms with van der Waals surface area (Å²) < 4.78 is 3.98. The van der Waals surface area contributed by atoms with Crippen molar-refractivity contribution < 1.29 is 4.79 Å². The number of rotatable bonds is 3. The zero-order valence-electron chi connectivity index (χ0n) is 12.6. The van der Waals surface area contributed by atoms with Gasteiger partial charge in [0.25, 0.3) is 5.91 Å². The minimum atomic E-state index is -0.331. The number of hydrogen-bond acceptors (Lipinski definition) is 3. The van der Waals surface area contributed by atoms with E-state index in [-0.39, 0.29) is 5.91 Å². The minimum Gasteiger partial charge on any atom is -0.312 e. The smallest absolute Gasteiger partial charge is 0.279 e. The number of halogens is 1. The van der Waals surface area contributed by atoms with Crippen LogP contribution in [0.25, 0.3) is 10.2 Å². The van der Waals surface area contributed by atoms with Crippen molar-refractivity contribution in [3.8, 4) is 6.07 Å². The Bertz CT molecular complexity index is 1040. The lowest BCUT2D eigenvalue weighted by Crippen LogP contribution is -2.16. The van der Waals surface area contributed by atoms with Crippen LogP contribution in [0.5, 0.6) is 0 Å². The number of carbonyl (C=O) groups is 1. The fraction of sp³-hybridized carbons (Fsp3) is 0.0556. The molecule has 6 heteroatoms. The summed E-state index contributed by atoms with van der Waals surface area (Å²) in [6, 6.07) is 14.4. The summed E-state index contributed by atoms with van der Waals surface area (Å²) in [7, 11) is 0. The van der Waals surface area contributed by atoms with Gasteiger partial charge in [0.1, 0.15) is 0 Å². The van der Waals surface area contributed by atoms with Crippen molar-refractivity contribution in [2.75, 3.05) is 0 Å². The van der Waals surface area contributed by atoms with Gasteiger partial charge in [0, 0.05) is 16.6 Å². The average molecular weight is 398 g/mol. The second-order valence-electron chi connectivity index (χ2n) is 5.00. The quantitative estimate of drug-likeness (QED) is 0.619. The van der Waals surface area contributed by atoms with Crippen LogP contribution in [0.1, 0.15) is 15.9 Å². The summed E-state index contributed by atoms with van der Waals surface area (Å²) >= 11 is 4.91. The molecule has 0 saturated carbocycles. The highest BCUT2D eigenvalue weighted by Gasteiger charge is 2.09. The Morgan fingerprint density at radius 3 is 2.75 bits per heavy atom. The van der Waals surface area contributed by atoms with Crippen LogP contribution < -0.4 is 4.80 Å². The van der Waals surface area contributed by atoms with Crippen molar-refractivity contribution in [2.24, 2.45) is 4.99 Å². The molecule has 4 nitrogen and oxygen atoms in total. The van der Waals surface area contributed by atoms with Gasteiger partial charge >= 0.3 is 0 Å². The van der Waals surface area contributed by atoms with Crippen molar-refractivity contribution in [2.45, 2.75) is 6.54 Å². The first-order valence-electron chi connectivity index (χ1n) is 7.11. The van der Waals surface area contributed by atoms with E-state index in [0.717, 1.165) is 14.7 Å². The van der Waals surface area contributed by atoms with Crippen LogP contribution in [0.4, 0.5) is 0 Å². The Balaban J connectivity index is 2.10. The van der Waals surface area contributed by atoms with Gasteiger partial charge in [-0.3, -0.25) is 4.79 Å². The first kappa shape index (κ1) is 16.4. The number of benzene rings is 2. The second kappa shape index (κ2) is 6.95. The number of carbonyl (C=O) groups excluding carboxylic acids is 1. The van der Waals surface area contributed by atoms with Crippen molar-refractivity contribution in [3.05, 3.63) is 75.5 Å². The fourth-order valence-corrected chi connectivity index (χ4v) is 3.87. The Morgan fingerprint density at radius 1 is 1.33 bits per heavy atom. The van der Waals surface area contributed by atoms with E-state index in [0.29, 0.717) is 22.5 Å². The van der Waals surface area contributed by atoms with Crippen molar-refractivity contribution in [1.29, 1.82) is 5.26 Å². The Labute approximate surface area is 151 Å². The minimum absolute atomic E-state index is 0.331. The maximum Gasteiger partial charge on any atom is 0.279 e. The highest BCUT2D eigenvalue weighted by Crippen LogP contribution is 2.22. The number of nitrogens with zero attached hydrogens (tertiary/aromatic N) is 3. The normalized spacial score (nSPS) is 11.4. The standard InChI is InChI=1S/C18H12BrN3OS/c1-2-9-22-15-8-7-14(19)10-16(15)24-18(22)21-17(23)13-5-3-12(11-20)4-6-13/h2-8,10H,1,9H2. The molecule has 0 bridgehead atoms. The maximum absolute atomic E-state index is 12.4. The SMILES string of the molecule is C=CCn1c(=NC(=O)c2ccc(C#N)cc2)sc2cc(Br)ccc21. The molecule has 0 fully saturated rings. The molecule has 3 aromatic rings. The lowest BCUT2D eigenvalue weighted by molar-refractivity contribution is 0.0998. The molecule has 1 heterocycles. The molecule has 0 radical (unpaired) electrons. The molecule has 0 aliphatic heterocycles. The Hall–Kier alpha value is -2.49. The predicted octanol–water partition coefficient (Wildman–Crippen LogP) is 4.26. The first-order valence-corrected chi connectivity index (χ1v) is 8.72. The number of allylic oxidation sites excluding steroid dienone is 1. The van der Waals surface area contributed by atoms with Crippen LogP contribution >= 0.6 is 27.3 Å². The van der Waals surface area contributed by atoms with E-state index < -0.39 is 0 Å². The first-order chi connectivity index (χ1) is 11.6. The van der Waals surface area contributed by atoms with Crippen molar-refractivity contribution in [3.63, 3.8) is 0 Å². The van der Waals surface area contributed by atoms with E-state index in [2.05, 4.69) is 27.5 Å². The van der Waals surface area contributed by atoms with Crippen LogP contribution in [0.3, 0.4) is 0 Å². The maximum atomic E-state index is 12.4. The van der Waals surface area contributed by atoms with Crippen LogP contribution in [-0.4, -0.2) is 10.5 Å². The molecule has 0 unspecified atom stereocenters. The van der Waals surface area contributed by atoms with E-state index in [1.165, 1.54) is 11.3 Å². The summed E-state index contributed by atoms with van der Waals surface area (Å²) in [5.74, 6) is -0.331. The van der Waals surface area contributed by atoms with Gasteiger partial charge in [-0.2, -0.15) is 10.3 Å². The summed E-state index contributed by atoms with van der Waals surface area (Å²) in [6.45, 7) is 4.35. The number of thiazole rings is 1. The molecule has 0 spiro atoms. The monoisotopic (exact) mass is 397 g/mol. The van der Waals surface area contributed by atoms with Gasteiger partial charge in [0.15, 0.2) is 4.80 Å². The summed E-state index contributed by atoms with van der Waals surface area (Å²) in [5.41, 5.74) is 1.98. The molecule has 24 heavy (non-hydrogen) atoms. The van der Waals surface area contributed by atoms with Gasteiger partial charge in [-0.1, -0.05) is 33.3 Å². The predicted molar refractivity (Wildman–Crippen MR) is 98.8 cm³/mol. The van der Waals surface area contributed by atoms with E-state index in [1.807, 2.05) is 28.8 Å². The van der Waals surface area contributed by atoms with Crippen LogP contribution in [0.15, 0.2) is 64.6 Å². The van der Waals surface area contributed by atoms with Crippen molar-refractivity contribution >= 4 is 43.4 Å². The van der Waals surface area contributed by atoms with E-state index in [1.54, 1.807) is 30.3 Å². The van der Waals surface area contributed by atoms with Crippen LogP contribution in [-0.2, 0) is 6.54 Å². The fourth-order valence-electron chi connectivity index (χ4n) is 2.28. The molecule has 1 aromatic heterocycles. The third kappa shape index (κ3) is 3.23. The zero-order chi connectivity index (χ0) is 17.1. The summed E-state index contributed by atoms with van der Waals surface area (Å²) in [6.07, 6.45) is 1.78. The van der Waals surface area contributed by atoms with Crippen LogP contribution in [0, 0.1) is 11.3 Å². The summed E-state index contributed by atoms with van der Waals surface area (Å²) in [5, 5.41) is 8.83. The lowest BCUT2D eigenvalue weighted by Gasteiger charge is -2.01. The lowest BCUT2D eigenvalue weighted by atomic mass is 10.1. The van der Waals surface area contributed by atoms with E-state index >= 15 is 0 Å². The highest BCUT2D eigenvalue weighted by molar-refractivity contribution is 9.10. The Kier molecular flexibility index (Phi) is 4.74.